The zero-order valence-corrected chi connectivity index (χ0v) is 19.4. The zero-order valence-electron chi connectivity index (χ0n) is 19.4. The van der Waals surface area contributed by atoms with E-state index in [1.165, 1.54) is 6.92 Å². The number of carbonyl (C=O) groups excluding carboxylic acids is 2. The van der Waals surface area contributed by atoms with Crippen LogP contribution in [-0.4, -0.2) is 34.7 Å². The van der Waals surface area contributed by atoms with Crippen molar-refractivity contribution < 1.29 is 14.3 Å². The van der Waals surface area contributed by atoms with E-state index in [1.807, 2.05) is 49.8 Å². The second-order valence-electron chi connectivity index (χ2n) is 7.51. The molecular formula is C24H28N6O3. The molecule has 0 atom stereocenters. The Kier molecular flexibility index (Phi) is 7.45. The number of guanidine groups is 1. The van der Waals surface area contributed by atoms with Crippen LogP contribution in [0.4, 0.5) is 11.4 Å². The molecule has 0 aliphatic heterocycles. The van der Waals surface area contributed by atoms with Gasteiger partial charge in [-0.05, 0) is 50.2 Å². The molecule has 0 unspecified atom stereocenters. The number of ether oxygens (including phenoxy) is 1. The summed E-state index contributed by atoms with van der Waals surface area (Å²) in [6, 6.07) is 14.0. The average molecular weight is 449 g/mol. The highest BCUT2D eigenvalue weighted by molar-refractivity contribution is 6.10. The van der Waals surface area contributed by atoms with Crippen LogP contribution in [0, 0.1) is 13.8 Å². The lowest BCUT2D eigenvalue weighted by molar-refractivity contribution is -0.114. The fourth-order valence-electron chi connectivity index (χ4n) is 3.24. The molecule has 2 aromatic carbocycles. The van der Waals surface area contributed by atoms with Gasteiger partial charge in [-0.3, -0.25) is 19.6 Å². The molecule has 0 radical (unpaired) electrons. The minimum atomic E-state index is -0.335. The van der Waals surface area contributed by atoms with Crippen LogP contribution in [0.1, 0.15) is 34.2 Å². The topological polar surface area (TPSA) is 110 Å². The van der Waals surface area contributed by atoms with Crippen LogP contribution in [0.2, 0.25) is 0 Å². The summed E-state index contributed by atoms with van der Waals surface area (Å²) in [5.41, 5.74) is 4.66. The molecule has 0 spiro atoms. The van der Waals surface area contributed by atoms with Crippen LogP contribution in [0.15, 0.2) is 53.5 Å². The van der Waals surface area contributed by atoms with Crippen molar-refractivity contribution in [3.63, 3.8) is 0 Å². The van der Waals surface area contributed by atoms with Crippen LogP contribution in [0.25, 0.3) is 0 Å². The van der Waals surface area contributed by atoms with Crippen LogP contribution >= 0.6 is 0 Å². The minimum absolute atomic E-state index is 0.176. The van der Waals surface area contributed by atoms with E-state index >= 15 is 0 Å². The van der Waals surface area contributed by atoms with Crippen LogP contribution in [0.3, 0.4) is 0 Å². The maximum atomic E-state index is 12.9. The zero-order chi connectivity index (χ0) is 24.0. The molecule has 3 aromatic rings. The average Bonchev–Trinajstić information content (AvgIpc) is 3.03. The van der Waals surface area contributed by atoms with E-state index in [9.17, 15) is 9.59 Å². The number of hydrogen-bond acceptors (Lipinski definition) is 5. The summed E-state index contributed by atoms with van der Waals surface area (Å²) in [7, 11) is 3.48. The summed E-state index contributed by atoms with van der Waals surface area (Å²) in [6.07, 6.45) is 0. The molecule has 1 aromatic heterocycles. The highest BCUT2D eigenvalue weighted by atomic mass is 16.5. The lowest BCUT2D eigenvalue weighted by atomic mass is 10.2. The Morgan fingerprint density at radius 2 is 1.79 bits per heavy atom. The fraction of sp³-hybridized carbons (Fsp3) is 0.250. The molecule has 1 heterocycles. The van der Waals surface area contributed by atoms with Gasteiger partial charge in [0.1, 0.15) is 5.75 Å². The van der Waals surface area contributed by atoms with Gasteiger partial charge in [0, 0.05) is 48.2 Å². The molecule has 0 saturated heterocycles. The van der Waals surface area contributed by atoms with Gasteiger partial charge in [0.05, 0.1) is 19.3 Å². The van der Waals surface area contributed by atoms with Crippen LogP contribution in [0.5, 0.6) is 5.75 Å². The van der Waals surface area contributed by atoms with Gasteiger partial charge in [0.15, 0.2) is 0 Å². The highest BCUT2D eigenvalue weighted by Gasteiger charge is 2.13. The number of carbonyl (C=O) groups is 2. The molecule has 0 saturated carbocycles. The van der Waals surface area contributed by atoms with Gasteiger partial charge in [0.2, 0.25) is 11.9 Å². The number of nitrogens with one attached hydrogen (secondary N) is 3. The number of aromatic nitrogens is 2. The summed E-state index contributed by atoms with van der Waals surface area (Å²) in [4.78, 5) is 28.7. The Bertz CT molecular complexity index is 1180. The van der Waals surface area contributed by atoms with E-state index in [4.69, 9.17) is 4.74 Å². The Hall–Kier alpha value is -4.14. The van der Waals surface area contributed by atoms with Gasteiger partial charge >= 0.3 is 0 Å². The summed E-state index contributed by atoms with van der Waals surface area (Å²) in [5.74, 6) is 0.461. The molecule has 9 nitrogen and oxygen atoms in total. The molecule has 0 bridgehead atoms. The molecular weight excluding hydrogens is 420 g/mol. The molecule has 9 heteroatoms. The maximum Gasteiger partial charge on any atom is 0.257 e. The Labute approximate surface area is 192 Å². The van der Waals surface area contributed by atoms with Gasteiger partial charge in [-0.2, -0.15) is 5.10 Å². The number of aryl methyl sites for hydroxylation is 2. The van der Waals surface area contributed by atoms with Gasteiger partial charge < -0.3 is 15.4 Å². The van der Waals surface area contributed by atoms with Crippen molar-refractivity contribution in [1.82, 2.24) is 15.1 Å². The van der Waals surface area contributed by atoms with Crippen molar-refractivity contribution in [2.75, 3.05) is 17.7 Å². The SMILES string of the molecule is COc1cccc(NC(=NCc2c(C)nn(C)c2C)NC(=O)c2ccc(NC(C)=O)cc2)c1. The van der Waals surface area contributed by atoms with Gasteiger partial charge in [-0.1, -0.05) is 6.07 Å². The first kappa shape index (κ1) is 23.5. The van der Waals surface area contributed by atoms with E-state index in [0.717, 1.165) is 17.0 Å². The maximum absolute atomic E-state index is 12.9. The van der Waals surface area contributed by atoms with Gasteiger partial charge in [0.25, 0.3) is 5.91 Å². The fourth-order valence-corrected chi connectivity index (χ4v) is 3.24. The van der Waals surface area contributed by atoms with Crippen LogP contribution < -0.4 is 20.7 Å². The van der Waals surface area contributed by atoms with Crippen molar-refractivity contribution in [2.24, 2.45) is 12.0 Å². The second kappa shape index (κ2) is 10.4. The monoisotopic (exact) mass is 448 g/mol. The normalized spacial score (nSPS) is 11.1. The predicted molar refractivity (Wildman–Crippen MR) is 129 cm³/mol. The summed E-state index contributed by atoms with van der Waals surface area (Å²) in [5, 5.41) is 13.1. The third kappa shape index (κ3) is 6.19. The Morgan fingerprint density at radius 1 is 1.06 bits per heavy atom. The van der Waals surface area contributed by atoms with E-state index in [-0.39, 0.29) is 11.8 Å². The number of benzene rings is 2. The molecule has 2 amide bonds. The van der Waals surface area contributed by atoms with Crippen LogP contribution in [-0.2, 0) is 18.4 Å². The molecule has 0 aliphatic rings. The van der Waals surface area contributed by atoms with Crippen molar-refractivity contribution >= 4 is 29.1 Å². The third-order valence-electron chi connectivity index (χ3n) is 5.09. The van der Waals surface area contributed by atoms with E-state index in [2.05, 4.69) is 26.0 Å². The molecule has 0 aliphatic carbocycles. The number of rotatable bonds is 6. The smallest absolute Gasteiger partial charge is 0.257 e. The molecule has 3 rings (SSSR count). The molecule has 33 heavy (non-hydrogen) atoms. The summed E-state index contributed by atoms with van der Waals surface area (Å²) >= 11 is 0. The van der Waals surface area contributed by atoms with E-state index in [0.29, 0.717) is 35.2 Å². The lowest BCUT2D eigenvalue weighted by Gasteiger charge is -2.13. The number of hydrogen-bond donors (Lipinski definition) is 3. The van der Waals surface area contributed by atoms with Gasteiger partial charge in [-0.25, -0.2) is 4.99 Å². The molecule has 3 N–H and O–H groups in total. The quantitative estimate of drug-likeness (QED) is 0.396. The number of nitrogens with zero attached hydrogens (tertiary/aromatic N) is 3. The van der Waals surface area contributed by atoms with Crippen molar-refractivity contribution in [3.05, 3.63) is 71.0 Å². The number of anilines is 2. The van der Waals surface area contributed by atoms with Crippen molar-refractivity contribution in [2.45, 2.75) is 27.3 Å². The number of amides is 2. The summed E-state index contributed by atoms with van der Waals surface area (Å²) in [6.45, 7) is 5.69. The van der Waals surface area contributed by atoms with Crippen molar-refractivity contribution in [3.8, 4) is 5.75 Å². The van der Waals surface area contributed by atoms with E-state index in [1.54, 1.807) is 31.4 Å². The predicted octanol–water partition coefficient (Wildman–Crippen LogP) is 3.40. The second-order valence-corrected chi connectivity index (χ2v) is 7.51. The van der Waals surface area contributed by atoms with Crippen molar-refractivity contribution in [1.29, 1.82) is 0 Å². The largest absolute Gasteiger partial charge is 0.497 e. The van der Waals surface area contributed by atoms with E-state index < -0.39 is 0 Å². The Balaban J connectivity index is 1.83. The lowest BCUT2D eigenvalue weighted by Crippen LogP contribution is -2.36. The minimum Gasteiger partial charge on any atom is -0.497 e. The standard InChI is InChI=1S/C24H28N6O3/c1-15-22(16(2)30(4)29-15)14-25-24(27-20-7-6-8-21(13-20)33-5)28-23(32)18-9-11-19(12-10-18)26-17(3)31/h6-13H,14H2,1-5H3,(H,26,31)(H2,25,27,28,32). The Morgan fingerprint density at radius 3 is 2.39 bits per heavy atom. The highest BCUT2D eigenvalue weighted by Crippen LogP contribution is 2.18. The number of aliphatic imine (C=N–C) groups is 1. The molecule has 0 fully saturated rings. The van der Waals surface area contributed by atoms with Gasteiger partial charge in [-0.15, -0.1) is 0 Å². The summed E-state index contributed by atoms with van der Waals surface area (Å²) < 4.78 is 7.09. The first-order chi connectivity index (χ1) is 15.8. The number of methoxy groups -OCH3 is 1. The first-order valence-corrected chi connectivity index (χ1v) is 10.4. The molecule has 172 valence electrons. The third-order valence-corrected chi connectivity index (χ3v) is 5.09. The first-order valence-electron chi connectivity index (χ1n) is 10.4.